The van der Waals surface area contributed by atoms with Crippen LogP contribution in [0.4, 0.5) is 0 Å². The largest absolute Gasteiger partial charge is 0.300 e. The predicted octanol–water partition coefficient (Wildman–Crippen LogP) is 3.10. The molecule has 76 valence electrons. The Morgan fingerprint density at radius 3 is 2.93 bits per heavy atom. The Kier molecular flexibility index (Phi) is 4.59. The van der Waals surface area contributed by atoms with E-state index in [0.29, 0.717) is 0 Å². The van der Waals surface area contributed by atoms with E-state index in [1.54, 1.807) is 11.3 Å². The zero-order chi connectivity index (χ0) is 10.6. The lowest BCUT2D eigenvalue weighted by Crippen LogP contribution is -2.22. The quantitative estimate of drug-likeness (QED) is 0.842. The van der Waals surface area contributed by atoms with Gasteiger partial charge in [0.1, 0.15) is 0 Å². The van der Waals surface area contributed by atoms with Crippen LogP contribution in [0.15, 0.2) is 15.9 Å². The summed E-state index contributed by atoms with van der Waals surface area (Å²) in [5.41, 5.74) is 0. The van der Waals surface area contributed by atoms with Crippen molar-refractivity contribution in [3.63, 3.8) is 0 Å². The van der Waals surface area contributed by atoms with Gasteiger partial charge < -0.3 is 0 Å². The second-order valence-electron chi connectivity index (χ2n) is 3.42. The minimum atomic E-state index is 0.0961. The Labute approximate surface area is 97.3 Å². The van der Waals surface area contributed by atoms with Gasteiger partial charge in [-0.05, 0) is 41.3 Å². The highest BCUT2D eigenvalue weighted by molar-refractivity contribution is 9.10. The van der Waals surface area contributed by atoms with E-state index in [9.17, 15) is 0 Å². The first-order chi connectivity index (χ1) is 6.63. The van der Waals surface area contributed by atoms with Gasteiger partial charge in [0.15, 0.2) is 0 Å². The van der Waals surface area contributed by atoms with E-state index in [4.69, 9.17) is 5.26 Å². The van der Waals surface area contributed by atoms with Crippen LogP contribution in [0, 0.1) is 17.2 Å². The lowest BCUT2D eigenvalue weighted by Gasteiger charge is -2.16. The molecule has 0 aliphatic carbocycles. The fourth-order valence-corrected chi connectivity index (χ4v) is 2.81. The highest BCUT2D eigenvalue weighted by atomic mass is 79.9. The van der Waals surface area contributed by atoms with Gasteiger partial charge in [0.2, 0.25) is 0 Å². The SMILES string of the molecule is CC(C#N)CN(C)Cc1sccc1Br. The zero-order valence-electron chi connectivity index (χ0n) is 8.33. The number of hydrogen-bond acceptors (Lipinski definition) is 3. The number of nitrogens with zero attached hydrogens (tertiary/aromatic N) is 2. The summed E-state index contributed by atoms with van der Waals surface area (Å²) in [6, 6.07) is 4.30. The number of rotatable bonds is 4. The average Bonchev–Trinajstić information content (AvgIpc) is 2.51. The first-order valence-electron chi connectivity index (χ1n) is 4.43. The molecule has 0 saturated carbocycles. The first-order valence-corrected chi connectivity index (χ1v) is 6.10. The van der Waals surface area contributed by atoms with E-state index in [1.807, 2.05) is 14.0 Å². The maximum absolute atomic E-state index is 8.68. The molecule has 1 atom stereocenters. The van der Waals surface area contributed by atoms with Crippen LogP contribution >= 0.6 is 27.3 Å². The van der Waals surface area contributed by atoms with Gasteiger partial charge in [-0.3, -0.25) is 4.90 Å². The smallest absolute Gasteiger partial charge is 0.0666 e. The van der Waals surface area contributed by atoms with E-state index in [2.05, 4.69) is 38.3 Å². The molecule has 0 aliphatic rings. The molecule has 4 heteroatoms. The number of hydrogen-bond donors (Lipinski definition) is 0. The maximum atomic E-state index is 8.68. The van der Waals surface area contributed by atoms with Crippen molar-refractivity contribution in [2.45, 2.75) is 13.5 Å². The fraction of sp³-hybridized carbons (Fsp3) is 0.500. The summed E-state index contributed by atoms with van der Waals surface area (Å²) in [5, 5.41) is 10.8. The van der Waals surface area contributed by atoms with Crippen LogP contribution < -0.4 is 0 Å². The topological polar surface area (TPSA) is 27.0 Å². The third kappa shape index (κ3) is 3.41. The second kappa shape index (κ2) is 5.50. The summed E-state index contributed by atoms with van der Waals surface area (Å²) in [6.45, 7) is 3.67. The molecule has 0 fully saturated rings. The van der Waals surface area contributed by atoms with Crippen molar-refractivity contribution in [1.82, 2.24) is 4.90 Å². The molecule has 1 aromatic heterocycles. The summed E-state index contributed by atoms with van der Waals surface area (Å²) >= 11 is 5.24. The third-order valence-corrected chi connectivity index (χ3v) is 3.82. The summed E-state index contributed by atoms with van der Waals surface area (Å²) in [6.07, 6.45) is 0. The molecule has 0 aliphatic heterocycles. The zero-order valence-corrected chi connectivity index (χ0v) is 10.7. The average molecular weight is 273 g/mol. The van der Waals surface area contributed by atoms with Crippen molar-refractivity contribution in [3.05, 3.63) is 20.8 Å². The van der Waals surface area contributed by atoms with Crippen molar-refractivity contribution in [2.24, 2.45) is 5.92 Å². The molecule has 0 radical (unpaired) electrons. The number of halogens is 1. The van der Waals surface area contributed by atoms with Gasteiger partial charge in [0.05, 0.1) is 12.0 Å². The van der Waals surface area contributed by atoms with Crippen molar-refractivity contribution in [1.29, 1.82) is 5.26 Å². The van der Waals surface area contributed by atoms with Crippen LogP contribution in [0.1, 0.15) is 11.8 Å². The van der Waals surface area contributed by atoms with Gasteiger partial charge in [-0.2, -0.15) is 5.26 Å². The van der Waals surface area contributed by atoms with Gasteiger partial charge in [0, 0.05) is 22.4 Å². The minimum absolute atomic E-state index is 0.0961. The van der Waals surface area contributed by atoms with Gasteiger partial charge in [-0.15, -0.1) is 11.3 Å². The van der Waals surface area contributed by atoms with Crippen LogP contribution in [0.2, 0.25) is 0 Å². The van der Waals surface area contributed by atoms with Crippen LogP contribution in [-0.4, -0.2) is 18.5 Å². The van der Waals surface area contributed by atoms with Gasteiger partial charge in [0.25, 0.3) is 0 Å². The molecule has 1 heterocycles. The lowest BCUT2D eigenvalue weighted by molar-refractivity contribution is 0.305. The van der Waals surface area contributed by atoms with Crippen LogP contribution in [0.25, 0.3) is 0 Å². The molecule has 0 aromatic carbocycles. The van der Waals surface area contributed by atoms with E-state index in [1.165, 1.54) is 9.35 Å². The van der Waals surface area contributed by atoms with Crippen molar-refractivity contribution in [3.8, 4) is 6.07 Å². The van der Waals surface area contributed by atoms with Gasteiger partial charge in [-0.25, -0.2) is 0 Å². The molecule has 1 aromatic rings. The standard InChI is InChI=1S/C10H13BrN2S/c1-8(5-12)6-13(2)7-10-9(11)3-4-14-10/h3-4,8H,6-7H2,1-2H3. The second-order valence-corrected chi connectivity index (χ2v) is 5.27. The third-order valence-electron chi connectivity index (χ3n) is 1.91. The number of nitriles is 1. The molecule has 2 nitrogen and oxygen atoms in total. The Morgan fingerprint density at radius 1 is 1.71 bits per heavy atom. The summed E-state index contributed by atoms with van der Waals surface area (Å²) < 4.78 is 1.17. The van der Waals surface area contributed by atoms with Crippen LogP contribution in [0.5, 0.6) is 0 Å². The molecular weight excluding hydrogens is 260 g/mol. The van der Waals surface area contributed by atoms with Crippen molar-refractivity contribution < 1.29 is 0 Å². The lowest BCUT2D eigenvalue weighted by atomic mass is 10.2. The molecule has 0 N–H and O–H groups in total. The van der Waals surface area contributed by atoms with Crippen LogP contribution in [0.3, 0.4) is 0 Å². The minimum Gasteiger partial charge on any atom is -0.300 e. The monoisotopic (exact) mass is 272 g/mol. The Morgan fingerprint density at radius 2 is 2.43 bits per heavy atom. The van der Waals surface area contributed by atoms with Gasteiger partial charge in [-0.1, -0.05) is 0 Å². The molecule has 1 unspecified atom stereocenters. The molecule has 0 saturated heterocycles. The van der Waals surface area contributed by atoms with E-state index >= 15 is 0 Å². The molecule has 14 heavy (non-hydrogen) atoms. The highest BCUT2D eigenvalue weighted by Gasteiger charge is 2.08. The predicted molar refractivity (Wildman–Crippen MR) is 63.1 cm³/mol. The van der Waals surface area contributed by atoms with Gasteiger partial charge >= 0.3 is 0 Å². The normalized spacial score (nSPS) is 12.8. The van der Waals surface area contributed by atoms with Crippen LogP contribution in [-0.2, 0) is 6.54 Å². The Hall–Kier alpha value is -0.370. The first kappa shape index (κ1) is 11.7. The highest BCUT2D eigenvalue weighted by Crippen LogP contribution is 2.23. The Bertz CT molecular complexity index is 329. The summed E-state index contributed by atoms with van der Waals surface area (Å²) in [7, 11) is 2.04. The molecule has 0 amide bonds. The van der Waals surface area contributed by atoms with E-state index < -0.39 is 0 Å². The van der Waals surface area contributed by atoms with E-state index in [-0.39, 0.29) is 5.92 Å². The molecule has 0 spiro atoms. The molecule has 1 rings (SSSR count). The fourth-order valence-electron chi connectivity index (χ4n) is 1.26. The molecule has 0 bridgehead atoms. The molecular formula is C10H13BrN2S. The maximum Gasteiger partial charge on any atom is 0.0666 e. The van der Waals surface area contributed by atoms with Crippen molar-refractivity contribution >= 4 is 27.3 Å². The van der Waals surface area contributed by atoms with Crippen molar-refractivity contribution in [2.75, 3.05) is 13.6 Å². The Balaban J connectivity index is 2.46. The summed E-state index contributed by atoms with van der Waals surface area (Å²) in [4.78, 5) is 3.49. The van der Waals surface area contributed by atoms with E-state index in [0.717, 1.165) is 13.1 Å². The number of thiophene rings is 1. The summed E-state index contributed by atoms with van der Waals surface area (Å²) in [5.74, 6) is 0.0961.